The Morgan fingerprint density at radius 3 is 2.82 bits per heavy atom. The van der Waals surface area contributed by atoms with Crippen LogP contribution < -0.4 is 19.8 Å². The second-order valence-corrected chi connectivity index (χ2v) is 7.40. The van der Waals surface area contributed by atoms with Gasteiger partial charge in [0, 0.05) is 11.6 Å². The molecule has 1 aromatic heterocycles. The molecule has 2 aliphatic rings. The van der Waals surface area contributed by atoms with Gasteiger partial charge in [-0.05, 0) is 36.2 Å². The lowest BCUT2D eigenvalue weighted by atomic mass is 10.0. The molecular formula is C24H22N2O7. The molecule has 0 saturated heterocycles. The first-order valence-electron chi connectivity index (χ1n) is 10.4. The summed E-state index contributed by atoms with van der Waals surface area (Å²) in [6.07, 6.45) is 6.17. The number of methoxy groups -OCH3 is 1. The molecular weight excluding hydrogens is 428 g/mol. The van der Waals surface area contributed by atoms with E-state index in [1.54, 1.807) is 25.3 Å². The highest BCUT2D eigenvalue weighted by Crippen LogP contribution is 2.41. The minimum Gasteiger partial charge on any atom is -0.507 e. The van der Waals surface area contributed by atoms with Gasteiger partial charge < -0.3 is 33.4 Å². The molecule has 0 unspecified atom stereocenters. The van der Waals surface area contributed by atoms with Gasteiger partial charge in [0.15, 0.2) is 35.5 Å². The zero-order chi connectivity index (χ0) is 22.8. The Morgan fingerprint density at radius 2 is 1.97 bits per heavy atom. The van der Waals surface area contributed by atoms with Gasteiger partial charge >= 0.3 is 0 Å². The second kappa shape index (κ2) is 8.79. The van der Waals surface area contributed by atoms with Crippen molar-refractivity contribution < 1.29 is 33.4 Å². The van der Waals surface area contributed by atoms with E-state index in [4.69, 9.17) is 28.3 Å². The van der Waals surface area contributed by atoms with E-state index in [1.807, 2.05) is 12.1 Å². The van der Waals surface area contributed by atoms with Crippen LogP contribution in [0, 0.1) is 0 Å². The van der Waals surface area contributed by atoms with E-state index < -0.39 is 0 Å². The molecule has 0 aliphatic carbocycles. The number of hydrogen-bond donors (Lipinski definition) is 2. The van der Waals surface area contributed by atoms with Crippen molar-refractivity contribution in [2.24, 2.45) is 0 Å². The number of phenols is 1. The van der Waals surface area contributed by atoms with Crippen LogP contribution in [0.4, 0.5) is 0 Å². The molecule has 0 radical (unpaired) electrons. The van der Waals surface area contributed by atoms with E-state index in [-0.39, 0.29) is 12.5 Å². The van der Waals surface area contributed by atoms with Crippen LogP contribution in [0.5, 0.6) is 23.0 Å². The number of hydroxylamine groups is 1. The van der Waals surface area contributed by atoms with Crippen LogP contribution in [-0.2, 0) is 15.9 Å². The van der Waals surface area contributed by atoms with Crippen molar-refractivity contribution in [2.75, 3.05) is 13.8 Å². The van der Waals surface area contributed by atoms with E-state index in [2.05, 4.69) is 17.6 Å². The first-order valence-corrected chi connectivity index (χ1v) is 10.4. The van der Waals surface area contributed by atoms with Crippen molar-refractivity contribution in [3.8, 4) is 34.3 Å². The molecule has 2 N–H and O–H groups in total. The fourth-order valence-electron chi connectivity index (χ4n) is 3.70. The quantitative estimate of drug-likeness (QED) is 0.558. The van der Waals surface area contributed by atoms with Gasteiger partial charge in [-0.25, -0.2) is 0 Å². The van der Waals surface area contributed by atoms with Crippen molar-refractivity contribution in [2.45, 2.75) is 19.8 Å². The van der Waals surface area contributed by atoms with E-state index in [9.17, 15) is 5.11 Å². The molecule has 9 nitrogen and oxygen atoms in total. The molecule has 3 aromatic rings. The lowest BCUT2D eigenvalue weighted by Crippen LogP contribution is -2.28. The molecule has 2 aromatic carbocycles. The third-order valence-corrected chi connectivity index (χ3v) is 5.27. The second-order valence-electron chi connectivity index (χ2n) is 7.40. The summed E-state index contributed by atoms with van der Waals surface area (Å²) in [4.78, 5) is 5.33. The summed E-state index contributed by atoms with van der Waals surface area (Å²) < 4.78 is 28.1. The van der Waals surface area contributed by atoms with Gasteiger partial charge in [0.2, 0.25) is 0 Å². The Bertz CT molecular complexity index is 1250. The van der Waals surface area contributed by atoms with Crippen LogP contribution in [0.15, 0.2) is 53.6 Å². The van der Waals surface area contributed by atoms with Crippen LogP contribution in [0.25, 0.3) is 22.8 Å². The summed E-state index contributed by atoms with van der Waals surface area (Å²) in [6.45, 7) is 2.32. The molecule has 0 saturated carbocycles. The number of aromatic hydroxyl groups is 1. The predicted molar refractivity (Wildman–Crippen MR) is 118 cm³/mol. The summed E-state index contributed by atoms with van der Waals surface area (Å²) in [5.74, 6) is 3.01. The van der Waals surface area contributed by atoms with E-state index in [1.165, 1.54) is 18.7 Å². The van der Waals surface area contributed by atoms with E-state index in [0.29, 0.717) is 45.7 Å². The summed E-state index contributed by atoms with van der Waals surface area (Å²) in [5.41, 5.74) is 5.37. The van der Waals surface area contributed by atoms with Crippen LogP contribution in [0.2, 0.25) is 0 Å². The lowest BCUT2D eigenvalue weighted by molar-refractivity contribution is 0.0766. The molecule has 170 valence electrons. The molecule has 3 heterocycles. The van der Waals surface area contributed by atoms with Gasteiger partial charge in [-0.1, -0.05) is 18.5 Å². The largest absolute Gasteiger partial charge is 0.507 e. The topological polar surface area (TPSA) is 104 Å². The zero-order valence-corrected chi connectivity index (χ0v) is 18.1. The van der Waals surface area contributed by atoms with Crippen molar-refractivity contribution in [3.63, 3.8) is 0 Å². The highest BCUT2D eigenvalue weighted by molar-refractivity contribution is 5.81. The molecule has 0 amide bonds. The van der Waals surface area contributed by atoms with Crippen LogP contribution in [-0.4, -0.2) is 24.1 Å². The fourth-order valence-corrected chi connectivity index (χ4v) is 3.70. The SMILES string of the molecule is CCCc1cc(-c2oncc2C2=COC=C(c3ccc4c(c3)OCNO4)O2)c(O)cc1OC. The number of nitrogens with zero attached hydrogens (tertiary/aromatic N) is 1. The molecule has 9 heteroatoms. The highest BCUT2D eigenvalue weighted by atomic mass is 16.7. The maximum Gasteiger partial charge on any atom is 0.189 e. The Labute approximate surface area is 189 Å². The average molecular weight is 450 g/mol. The maximum absolute atomic E-state index is 10.7. The maximum atomic E-state index is 10.7. The number of rotatable bonds is 6. The predicted octanol–water partition coefficient (Wildman–Crippen LogP) is 4.59. The number of hydrogen-bond acceptors (Lipinski definition) is 9. The molecule has 33 heavy (non-hydrogen) atoms. The highest BCUT2D eigenvalue weighted by Gasteiger charge is 2.25. The molecule has 0 fully saturated rings. The number of phenolic OH excluding ortho intramolecular Hbond substituents is 1. The van der Waals surface area contributed by atoms with Crippen molar-refractivity contribution >= 4 is 11.5 Å². The standard InChI is InChI=1S/C24H22N2O7/c1-3-4-14-7-16(18(27)9-20(14)28-2)24-17(10-25-33-24)23-12-29-11-22(31-23)15-5-6-19-21(8-15)30-13-26-32-19/h5-12,26-27H,3-4,13H2,1-2H3. The van der Waals surface area contributed by atoms with Crippen LogP contribution in [0.1, 0.15) is 30.0 Å². The number of aromatic nitrogens is 1. The fraction of sp³-hybridized carbons (Fsp3) is 0.208. The Balaban J connectivity index is 1.45. The summed E-state index contributed by atoms with van der Waals surface area (Å²) in [6, 6.07) is 8.82. The zero-order valence-electron chi connectivity index (χ0n) is 18.1. The monoisotopic (exact) mass is 450 g/mol. The number of aryl methyl sites for hydroxylation is 1. The van der Waals surface area contributed by atoms with Gasteiger partial charge in [0.1, 0.15) is 24.0 Å². The number of nitrogens with one attached hydrogen (secondary N) is 1. The molecule has 5 rings (SSSR count). The first kappa shape index (κ1) is 20.8. The number of ether oxygens (including phenoxy) is 4. The first-order chi connectivity index (χ1) is 16.2. The average Bonchev–Trinajstić information content (AvgIpc) is 3.34. The third-order valence-electron chi connectivity index (χ3n) is 5.27. The van der Waals surface area contributed by atoms with Gasteiger partial charge in [-0.2, -0.15) is 0 Å². The molecule has 2 aliphatic heterocycles. The van der Waals surface area contributed by atoms with E-state index in [0.717, 1.165) is 24.0 Å². The minimum atomic E-state index is 0.0123. The summed E-state index contributed by atoms with van der Waals surface area (Å²) >= 11 is 0. The minimum absolute atomic E-state index is 0.0123. The van der Waals surface area contributed by atoms with Crippen molar-refractivity contribution in [1.29, 1.82) is 0 Å². The van der Waals surface area contributed by atoms with Crippen molar-refractivity contribution in [3.05, 3.63) is 65.7 Å². The van der Waals surface area contributed by atoms with Crippen LogP contribution in [0.3, 0.4) is 0 Å². The van der Waals surface area contributed by atoms with Crippen molar-refractivity contribution in [1.82, 2.24) is 10.6 Å². The Hall–Kier alpha value is -4.11. The normalized spacial score (nSPS) is 14.6. The summed E-state index contributed by atoms with van der Waals surface area (Å²) in [7, 11) is 1.58. The molecule has 0 atom stereocenters. The smallest absolute Gasteiger partial charge is 0.189 e. The Kier molecular flexibility index (Phi) is 5.54. The van der Waals surface area contributed by atoms with Gasteiger partial charge in [0.05, 0.1) is 24.4 Å². The molecule has 0 bridgehead atoms. The van der Waals surface area contributed by atoms with E-state index >= 15 is 0 Å². The number of fused-ring (bicyclic) bond motifs is 1. The van der Waals surface area contributed by atoms with Crippen LogP contribution >= 0.6 is 0 Å². The Morgan fingerprint density at radius 1 is 1.09 bits per heavy atom. The lowest BCUT2D eigenvalue weighted by Gasteiger charge is -2.21. The van der Waals surface area contributed by atoms with Gasteiger partial charge in [-0.15, -0.1) is 5.48 Å². The summed E-state index contributed by atoms with van der Waals surface area (Å²) in [5, 5.41) is 14.6. The number of benzene rings is 2. The molecule has 0 spiro atoms. The van der Waals surface area contributed by atoms with Gasteiger partial charge in [0.25, 0.3) is 0 Å². The van der Waals surface area contributed by atoms with Gasteiger partial charge in [-0.3, -0.25) is 0 Å². The third kappa shape index (κ3) is 3.94.